The number of nitrogens with two attached hydrogens (primary N) is 1. The second kappa shape index (κ2) is 9.11. The molecule has 5 heterocycles. The molecule has 1 saturated heterocycles. The average molecular weight is 528 g/mol. The van der Waals surface area contributed by atoms with Crippen LogP contribution in [0.15, 0.2) is 55.1 Å². The first kappa shape index (κ1) is 23.2. The van der Waals surface area contributed by atoms with Gasteiger partial charge in [0.2, 0.25) is 0 Å². The Labute approximate surface area is 223 Å². The van der Waals surface area contributed by atoms with Crippen LogP contribution in [0.1, 0.15) is 28.8 Å². The van der Waals surface area contributed by atoms with E-state index in [1.54, 1.807) is 0 Å². The number of fused-ring (bicyclic) bond motifs is 1. The van der Waals surface area contributed by atoms with Gasteiger partial charge >= 0.3 is 0 Å². The number of hydrogen-bond acceptors (Lipinski definition) is 6. The van der Waals surface area contributed by atoms with Crippen molar-refractivity contribution in [3.63, 3.8) is 0 Å². The number of piperidine rings is 1. The molecule has 2 aliphatic rings. The number of ether oxygens (including phenoxy) is 1. The van der Waals surface area contributed by atoms with Crippen LogP contribution in [0.5, 0.6) is 5.75 Å². The average Bonchev–Trinajstić information content (AvgIpc) is 3.49. The van der Waals surface area contributed by atoms with E-state index in [9.17, 15) is 4.79 Å². The molecule has 1 atom stereocenters. The number of para-hydroxylation sites is 1. The number of rotatable bonds is 4. The molecule has 2 aromatic carbocycles. The molecule has 1 amide bonds. The Balaban J connectivity index is 1.39. The van der Waals surface area contributed by atoms with Gasteiger partial charge < -0.3 is 24.5 Å². The molecule has 1 fully saturated rings. The Hall–Kier alpha value is -3.95. The van der Waals surface area contributed by atoms with Crippen LogP contribution >= 0.6 is 11.6 Å². The largest absolute Gasteiger partial charge is 0.489 e. The van der Waals surface area contributed by atoms with Gasteiger partial charge in [0.1, 0.15) is 24.2 Å². The van der Waals surface area contributed by atoms with Crippen LogP contribution in [0.2, 0.25) is 5.02 Å². The van der Waals surface area contributed by atoms with E-state index in [0.29, 0.717) is 49.1 Å². The van der Waals surface area contributed by atoms with Gasteiger partial charge in [-0.05, 0) is 37.1 Å². The first-order chi connectivity index (χ1) is 18.6. The predicted octanol–water partition coefficient (Wildman–Crippen LogP) is 4.11. The van der Waals surface area contributed by atoms with Crippen molar-refractivity contribution in [2.24, 2.45) is 5.73 Å². The minimum Gasteiger partial charge on any atom is -0.489 e. The molecule has 2 aliphatic heterocycles. The summed E-state index contributed by atoms with van der Waals surface area (Å²) in [7, 11) is 0. The van der Waals surface area contributed by atoms with E-state index < -0.39 is 0 Å². The number of amides is 1. The van der Waals surface area contributed by atoms with E-state index in [1.165, 1.54) is 6.33 Å². The van der Waals surface area contributed by atoms with Crippen molar-refractivity contribution in [2.75, 3.05) is 19.7 Å². The van der Waals surface area contributed by atoms with E-state index in [1.807, 2.05) is 41.6 Å². The van der Waals surface area contributed by atoms with E-state index >= 15 is 0 Å². The van der Waals surface area contributed by atoms with Crippen molar-refractivity contribution >= 4 is 39.4 Å². The Kier molecular flexibility index (Phi) is 5.56. The summed E-state index contributed by atoms with van der Waals surface area (Å²) >= 11 is 6.71. The van der Waals surface area contributed by atoms with Crippen LogP contribution in [0.4, 0.5) is 0 Å². The number of hydrogen-bond donors (Lipinski definition) is 1. The highest BCUT2D eigenvalue weighted by atomic mass is 35.5. The summed E-state index contributed by atoms with van der Waals surface area (Å²) in [5.74, 6) is 1.45. The Morgan fingerprint density at radius 2 is 2.00 bits per heavy atom. The maximum Gasteiger partial charge on any atom is 0.254 e. The minimum absolute atomic E-state index is 0.0144. The van der Waals surface area contributed by atoms with Crippen molar-refractivity contribution in [2.45, 2.75) is 32.0 Å². The lowest BCUT2D eigenvalue weighted by Gasteiger charge is -2.31. The summed E-state index contributed by atoms with van der Waals surface area (Å²) in [5.41, 5.74) is 11.1. The molecule has 0 spiro atoms. The molecule has 9 nitrogen and oxygen atoms in total. The summed E-state index contributed by atoms with van der Waals surface area (Å²) < 4.78 is 10.4. The van der Waals surface area contributed by atoms with E-state index in [0.717, 1.165) is 51.9 Å². The third kappa shape index (κ3) is 3.81. The number of benzene rings is 2. The Morgan fingerprint density at radius 3 is 2.84 bits per heavy atom. The zero-order valence-corrected chi connectivity index (χ0v) is 21.4. The Morgan fingerprint density at radius 1 is 1.13 bits per heavy atom. The smallest absolute Gasteiger partial charge is 0.254 e. The number of carbonyl (C=O) groups excluding carboxylic acids is 1. The lowest BCUT2D eigenvalue weighted by atomic mass is 10.0. The first-order valence-corrected chi connectivity index (χ1v) is 13.2. The molecule has 0 saturated carbocycles. The third-order valence-electron chi connectivity index (χ3n) is 7.43. The van der Waals surface area contributed by atoms with Gasteiger partial charge in [-0.15, -0.1) is 0 Å². The molecule has 0 unspecified atom stereocenters. The van der Waals surface area contributed by atoms with Crippen molar-refractivity contribution in [1.82, 2.24) is 29.0 Å². The van der Waals surface area contributed by atoms with Gasteiger partial charge in [-0.2, -0.15) is 0 Å². The molecule has 0 radical (unpaired) electrons. The standard InChI is InChI=1S/C28H26ClN7O2/c29-21-5-1-3-18-10-23(36(25(18)21)14-17-12-31-16-32-13-17)27-33-22-9-19(11-24-26(22)35(27)7-8-38-24)28(37)34-6-2-4-20(30)15-34/h1,3,5,9-13,16,20H,2,4,6-8,14-15,30H2/t20-/m1/s1. The van der Waals surface area contributed by atoms with Crippen LogP contribution in [0, 0.1) is 0 Å². The van der Waals surface area contributed by atoms with Gasteiger partial charge in [0.15, 0.2) is 5.82 Å². The fourth-order valence-corrected chi connectivity index (χ4v) is 6.01. The van der Waals surface area contributed by atoms with Gasteiger partial charge in [0, 0.05) is 48.0 Å². The highest BCUT2D eigenvalue weighted by Crippen LogP contribution is 2.38. The monoisotopic (exact) mass is 527 g/mol. The number of imidazole rings is 1. The number of likely N-dealkylation sites (tertiary alicyclic amines) is 1. The molecule has 192 valence electrons. The number of aromatic nitrogens is 5. The molecule has 7 rings (SSSR count). The summed E-state index contributed by atoms with van der Waals surface area (Å²) in [4.78, 5) is 28.7. The summed E-state index contributed by atoms with van der Waals surface area (Å²) in [5, 5.41) is 1.69. The second-order valence-electron chi connectivity index (χ2n) is 9.97. The molecule has 38 heavy (non-hydrogen) atoms. The lowest BCUT2D eigenvalue weighted by molar-refractivity contribution is 0.0708. The van der Waals surface area contributed by atoms with E-state index in [2.05, 4.69) is 31.2 Å². The first-order valence-electron chi connectivity index (χ1n) is 12.8. The zero-order valence-electron chi connectivity index (χ0n) is 20.7. The molecule has 10 heteroatoms. The van der Waals surface area contributed by atoms with Crippen molar-refractivity contribution in [1.29, 1.82) is 0 Å². The minimum atomic E-state index is -0.0338. The van der Waals surface area contributed by atoms with Gasteiger partial charge in [-0.25, -0.2) is 15.0 Å². The molecular formula is C28H26ClN7O2. The lowest BCUT2D eigenvalue weighted by Crippen LogP contribution is -2.45. The van der Waals surface area contributed by atoms with Crippen LogP contribution < -0.4 is 10.5 Å². The van der Waals surface area contributed by atoms with Gasteiger partial charge in [0.05, 0.1) is 34.8 Å². The third-order valence-corrected chi connectivity index (χ3v) is 7.73. The normalized spacial score (nSPS) is 17.2. The molecular weight excluding hydrogens is 502 g/mol. The summed E-state index contributed by atoms with van der Waals surface area (Å²) in [6.07, 6.45) is 6.99. The maximum atomic E-state index is 13.4. The van der Waals surface area contributed by atoms with Crippen LogP contribution in [-0.2, 0) is 13.1 Å². The van der Waals surface area contributed by atoms with E-state index in [-0.39, 0.29) is 11.9 Å². The number of halogens is 1. The van der Waals surface area contributed by atoms with Crippen molar-refractivity contribution < 1.29 is 9.53 Å². The topological polar surface area (TPSA) is 104 Å². The Bertz CT molecular complexity index is 1690. The quantitative estimate of drug-likeness (QED) is 0.377. The molecule has 3 aromatic heterocycles. The maximum absolute atomic E-state index is 13.4. The van der Waals surface area contributed by atoms with Crippen LogP contribution in [0.25, 0.3) is 33.5 Å². The zero-order chi connectivity index (χ0) is 25.8. The van der Waals surface area contributed by atoms with E-state index in [4.69, 9.17) is 27.1 Å². The molecule has 5 aromatic rings. The van der Waals surface area contributed by atoms with Crippen LogP contribution in [0.3, 0.4) is 0 Å². The van der Waals surface area contributed by atoms with Gasteiger partial charge in [-0.3, -0.25) is 4.79 Å². The van der Waals surface area contributed by atoms with Crippen molar-refractivity contribution in [3.8, 4) is 17.3 Å². The number of nitrogens with zero attached hydrogens (tertiary/aromatic N) is 6. The number of carbonyl (C=O) groups is 1. The predicted molar refractivity (Wildman–Crippen MR) is 145 cm³/mol. The summed E-state index contributed by atoms with van der Waals surface area (Å²) in [6, 6.07) is 11.8. The van der Waals surface area contributed by atoms with Crippen LogP contribution in [-0.4, -0.2) is 60.6 Å². The fraction of sp³-hybridized carbons (Fsp3) is 0.286. The SMILES string of the molecule is N[C@@H]1CCCN(C(=O)c2cc3c4c(c2)nc(-c2cc5cccc(Cl)c5n2Cc2cncnc2)n4CCO3)C1. The summed E-state index contributed by atoms with van der Waals surface area (Å²) in [6.45, 7) is 2.96. The molecule has 2 N–H and O–H groups in total. The fourth-order valence-electron chi connectivity index (χ4n) is 5.72. The second-order valence-corrected chi connectivity index (χ2v) is 10.4. The highest BCUT2D eigenvalue weighted by molar-refractivity contribution is 6.35. The van der Waals surface area contributed by atoms with Gasteiger partial charge in [-0.1, -0.05) is 23.7 Å². The van der Waals surface area contributed by atoms with Gasteiger partial charge in [0.25, 0.3) is 5.91 Å². The van der Waals surface area contributed by atoms with Crippen molar-refractivity contribution in [3.05, 3.63) is 71.3 Å². The molecule has 0 aliphatic carbocycles. The molecule has 0 bridgehead atoms. The highest BCUT2D eigenvalue weighted by Gasteiger charge is 2.28.